The van der Waals surface area contributed by atoms with Crippen LogP contribution in [0, 0.1) is 119 Å². The molecule has 0 amide bonds. The monoisotopic (exact) mass is 754 g/mol. The highest BCUT2D eigenvalue weighted by Crippen LogP contribution is 2.40. The molecule has 0 fully saturated rings. The molecular formula is C52H34O2S2. The van der Waals surface area contributed by atoms with Crippen molar-refractivity contribution in [3.05, 3.63) is 72.8 Å². The van der Waals surface area contributed by atoms with E-state index >= 15 is 0 Å². The molecule has 56 heavy (non-hydrogen) atoms. The van der Waals surface area contributed by atoms with Gasteiger partial charge in [-0.05, 0) is 148 Å². The molecule has 5 rings (SSSR count). The average Bonchev–Trinajstić information content (AvgIpc) is 3.84. The topological polar surface area (TPSA) is 18.5 Å². The number of ether oxygens (including phenoxy) is 2. The number of hydrogen-bond donors (Lipinski definition) is 0. The van der Waals surface area contributed by atoms with E-state index in [1.807, 2.05) is 35.6 Å². The SMILES string of the molecule is C#CC#CC#CC#CC#CC#CC#CC#CC#CC#COc1ccc(-c2cc3cc4sc(-c5ccc(OCCCCCCCCCC)cc5)cc4cc3s2)cc1. The second-order valence-electron chi connectivity index (χ2n) is 12.0. The van der Waals surface area contributed by atoms with Gasteiger partial charge in [0.2, 0.25) is 0 Å². The summed E-state index contributed by atoms with van der Waals surface area (Å²) < 4.78 is 14.1. The van der Waals surface area contributed by atoms with Gasteiger partial charge in [0.1, 0.15) is 17.6 Å². The molecular weight excluding hydrogens is 721 g/mol. The second kappa shape index (κ2) is 23.4. The van der Waals surface area contributed by atoms with Crippen molar-refractivity contribution >= 4 is 42.8 Å². The fourth-order valence-electron chi connectivity index (χ4n) is 5.30. The van der Waals surface area contributed by atoms with Gasteiger partial charge in [-0.3, -0.25) is 0 Å². The third-order valence-corrected chi connectivity index (χ3v) is 10.3. The Kier molecular flexibility index (Phi) is 16.7. The van der Waals surface area contributed by atoms with Crippen LogP contribution in [0.15, 0.2) is 72.8 Å². The molecule has 3 aromatic carbocycles. The third-order valence-electron chi connectivity index (χ3n) is 7.99. The van der Waals surface area contributed by atoms with Gasteiger partial charge >= 0.3 is 0 Å². The second-order valence-corrected chi connectivity index (χ2v) is 14.2. The van der Waals surface area contributed by atoms with Crippen molar-refractivity contribution in [2.75, 3.05) is 6.61 Å². The number of rotatable bonds is 13. The van der Waals surface area contributed by atoms with E-state index in [4.69, 9.17) is 15.9 Å². The molecule has 0 bridgehead atoms. The number of fused-ring (bicyclic) bond motifs is 2. The van der Waals surface area contributed by atoms with E-state index in [2.05, 4.69) is 168 Å². The molecule has 0 unspecified atom stereocenters. The third kappa shape index (κ3) is 13.6. The number of benzene rings is 3. The maximum atomic E-state index is 6.03. The van der Waals surface area contributed by atoms with Crippen LogP contribution in [0.3, 0.4) is 0 Å². The molecule has 0 saturated carbocycles. The van der Waals surface area contributed by atoms with Gasteiger partial charge in [0.05, 0.1) is 6.61 Å². The van der Waals surface area contributed by atoms with Crippen LogP contribution in [0.25, 0.3) is 41.1 Å². The predicted molar refractivity (Wildman–Crippen MR) is 236 cm³/mol. The maximum Gasteiger partial charge on any atom is 0.140 e. The summed E-state index contributed by atoms with van der Waals surface area (Å²) in [7, 11) is 0. The normalized spacial score (nSPS) is 8.86. The zero-order valence-electron chi connectivity index (χ0n) is 31.0. The zero-order valence-corrected chi connectivity index (χ0v) is 32.6. The first-order valence-corrected chi connectivity index (χ1v) is 19.8. The molecule has 0 aliphatic rings. The number of hydrogen-bond acceptors (Lipinski definition) is 4. The standard InChI is InChI=1S/C52H34O2S2/c1-3-5-7-9-11-13-14-15-16-17-18-19-20-21-22-24-26-28-38-54-48-35-31-44(32-36-48)50-40-46-42-51-45(41-52(46)56-50)39-49(55-51)43-29-33-47(34-30-43)53-37-27-25-23-12-10-8-6-4-2/h1,29-36,39-42H,4,6,8,10,12,23,25,27,37H2,2H3. The van der Waals surface area contributed by atoms with Gasteiger partial charge in [-0.25, -0.2) is 0 Å². The fraction of sp³-hybridized carbons (Fsp3) is 0.192. The Morgan fingerprint density at radius 1 is 0.464 bits per heavy atom. The van der Waals surface area contributed by atoms with Crippen LogP contribution in [-0.2, 0) is 0 Å². The van der Waals surface area contributed by atoms with Crippen LogP contribution in [0.5, 0.6) is 11.5 Å². The average molecular weight is 755 g/mol. The van der Waals surface area contributed by atoms with Crippen molar-refractivity contribution in [3.8, 4) is 151 Å². The molecule has 0 radical (unpaired) electrons. The quantitative estimate of drug-likeness (QED) is 0.0880. The van der Waals surface area contributed by atoms with Gasteiger partial charge in [0.15, 0.2) is 0 Å². The van der Waals surface area contributed by atoms with E-state index in [9.17, 15) is 0 Å². The van der Waals surface area contributed by atoms with Gasteiger partial charge in [-0.2, -0.15) is 0 Å². The van der Waals surface area contributed by atoms with Crippen molar-refractivity contribution < 1.29 is 9.47 Å². The summed E-state index contributed by atoms with van der Waals surface area (Å²) in [6.07, 6.45) is 18.0. The van der Waals surface area contributed by atoms with E-state index in [1.54, 1.807) is 11.3 Å². The summed E-state index contributed by atoms with van der Waals surface area (Å²) >= 11 is 3.61. The van der Waals surface area contributed by atoms with Crippen molar-refractivity contribution in [2.24, 2.45) is 0 Å². The molecule has 0 aliphatic carbocycles. The van der Waals surface area contributed by atoms with Gasteiger partial charge in [0.25, 0.3) is 0 Å². The molecule has 0 N–H and O–H groups in total. The van der Waals surface area contributed by atoms with E-state index in [0.29, 0.717) is 5.75 Å². The lowest BCUT2D eigenvalue weighted by molar-refractivity contribution is 0.304. The zero-order chi connectivity index (χ0) is 38.9. The smallest absolute Gasteiger partial charge is 0.140 e. The van der Waals surface area contributed by atoms with Crippen LogP contribution < -0.4 is 9.47 Å². The Labute approximate surface area is 339 Å². The molecule has 0 atom stereocenters. The van der Waals surface area contributed by atoms with Crippen LogP contribution >= 0.6 is 22.7 Å². The van der Waals surface area contributed by atoms with Crippen LogP contribution in [0.1, 0.15) is 58.3 Å². The molecule has 266 valence electrons. The maximum absolute atomic E-state index is 6.03. The van der Waals surface area contributed by atoms with Gasteiger partial charge in [0, 0.05) is 78.4 Å². The molecule has 2 nitrogen and oxygen atoms in total. The van der Waals surface area contributed by atoms with Gasteiger partial charge in [-0.15, -0.1) is 29.1 Å². The van der Waals surface area contributed by atoms with Crippen LogP contribution in [-0.4, -0.2) is 6.61 Å². The minimum atomic E-state index is 0.632. The number of terminal acetylenes is 1. The Morgan fingerprint density at radius 3 is 1.34 bits per heavy atom. The highest BCUT2D eigenvalue weighted by molar-refractivity contribution is 7.23. The number of thiophene rings is 2. The minimum Gasteiger partial charge on any atom is -0.494 e. The van der Waals surface area contributed by atoms with E-state index in [1.165, 1.54) is 80.4 Å². The van der Waals surface area contributed by atoms with Crippen LogP contribution in [0.2, 0.25) is 0 Å². The Balaban J connectivity index is 1.07. The molecule has 5 aromatic rings. The Morgan fingerprint density at radius 2 is 0.875 bits per heavy atom. The van der Waals surface area contributed by atoms with Gasteiger partial charge in [-0.1, -0.05) is 51.9 Å². The van der Waals surface area contributed by atoms with Crippen molar-refractivity contribution in [1.29, 1.82) is 0 Å². The summed E-state index contributed by atoms with van der Waals surface area (Å²) in [5, 5.41) is 2.50. The fourth-order valence-corrected chi connectivity index (χ4v) is 7.50. The summed E-state index contributed by atoms with van der Waals surface area (Å²) in [6, 6.07) is 25.6. The first-order valence-electron chi connectivity index (χ1n) is 18.2. The highest BCUT2D eigenvalue weighted by Gasteiger charge is 2.10. The summed E-state index contributed by atoms with van der Waals surface area (Å²) in [5.41, 5.74) is 2.34. The summed E-state index contributed by atoms with van der Waals surface area (Å²) in [4.78, 5) is 2.46. The molecule has 4 heteroatoms. The Bertz CT molecular complexity index is 2740. The van der Waals surface area contributed by atoms with E-state index in [-0.39, 0.29) is 0 Å². The molecule has 0 saturated heterocycles. The number of unbranched alkanes of at least 4 members (excludes halogenated alkanes) is 7. The van der Waals surface area contributed by atoms with Crippen molar-refractivity contribution in [3.63, 3.8) is 0 Å². The predicted octanol–water partition coefficient (Wildman–Crippen LogP) is 11.0. The van der Waals surface area contributed by atoms with Crippen LogP contribution in [0.4, 0.5) is 0 Å². The molecule has 2 heterocycles. The summed E-state index contributed by atoms with van der Waals surface area (Å²) in [6.45, 7) is 3.05. The Hall–Kier alpha value is -7.22. The summed E-state index contributed by atoms with van der Waals surface area (Å²) in [5.74, 6) is 46.7. The molecule has 2 aromatic heterocycles. The van der Waals surface area contributed by atoms with Crippen molar-refractivity contribution in [1.82, 2.24) is 0 Å². The highest BCUT2D eigenvalue weighted by atomic mass is 32.1. The lowest BCUT2D eigenvalue weighted by atomic mass is 10.1. The lowest BCUT2D eigenvalue weighted by Crippen LogP contribution is -1.97. The molecule has 0 aliphatic heterocycles. The lowest BCUT2D eigenvalue weighted by Gasteiger charge is -2.07. The van der Waals surface area contributed by atoms with E-state index in [0.717, 1.165) is 24.3 Å². The minimum absolute atomic E-state index is 0.632. The molecule has 0 spiro atoms. The largest absolute Gasteiger partial charge is 0.494 e. The van der Waals surface area contributed by atoms with Gasteiger partial charge < -0.3 is 9.47 Å². The first-order chi connectivity index (χ1) is 27.7. The first kappa shape index (κ1) is 40.0. The van der Waals surface area contributed by atoms with Crippen molar-refractivity contribution in [2.45, 2.75) is 58.3 Å². The van der Waals surface area contributed by atoms with E-state index < -0.39 is 0 Å².